The van der Waals surface area contributed by atoms with E-state index in [0.29, 0.717) is 35.0 Å². The molecule has 0 unspecified atom stereocenters. The average molecular weight is 474 g/mol. The number of para-hydroxylation sites is 2. The lowest BCUT2D eigenvalue weighted by Gasteiger charge is -2.14. The van der Waals surface area contributed by atoms with Gasteiger partial charge in [-0.25, -0.2) is 9.97 Å². The zero-order chi connectivity index (χ0) is 24.9. The molecule has 4 rings (SSSR count). The number of aryl methyl sites for hydroxylation is 2. The molecular weight excluding hydrogens is 438 g/mol. The van der Waals surface area contributed by atoms with Crippen molar-refractivity contribution in [1.82, 2.24) is 19.9 Å². The predicted octanol–water partition coefficient (Wildman–Crippen LogP) is 5.36. The van der Waals surface area contributed by atoms with Crippen molar-refractivity contribution >= 4 is 33.9 Å². The van der Waals surface area contributed by atoms with Crippen LogP contribution < -0.4 is 15.8 Å². The quantitative estimate of drug-likeness (QED) is 0.323. The number of benzene rings is 2. The normalized spacial score (nSPS) is 12.4. The third kappa shape index (κ3) is 5.56. The van der Waals surface area contributed by atoms with Crippen molar-refractivity contribution in [3.05, 3.63) is 59.7 Å². The van der Waals surface area contributed by atoms with Crippen LogP contribution in [0.4, 0.5) is 5.82 Å². The Morgan fingerprint density at radius 1 is 1.03 bits per heavy atom. The first-order chi connectivity index (χ1) is 16.9. The minimum atomic E-state index is -0.197. The molecular formula is C28H35N5O2. The standard InChI is InChI=1S/C28H35N5O2/c1-18(2)8-7-9-19(3)30-28(34)24-25-27(32-23-11-6-5-10-22(23)31-25)33(26(24)29)17-16-20-12-14-21(35-4)15-13-20/h5-6,10-15,18-19H,7-9,16-17,29H2,1-4H3,(H,30,34)/t19-/m0/s1. The molecule has 0 fully saturated rings. The van der Waals surface area contributed by atoms with Crippen LogP contribution in [0.5, 0.6) is 5.75 Å². The Morgan fingerprint density at radius 3 is 2.37 bits per heavy atom. The lowest BCUT2D eigenvalue weighted by molar-refractivity contribution is 0.0940. The summed E-state index contributed by atoms with van der Waals surface area (Å²) in [6.07, 6.45) is 3.88. The number of methoxy groups -OCH3 is 1. The van der Waals surface area contributed by atoms with Gasteiger partial charge in [-0.05, 0) is 55.5 Å². The van der Waals surface area contributed by atoms with Gasteiger partial charge in [0.05, 0.1) is 18.1 Å². The van der Waals surface area contributed by atoms with Crippen LogP contribution in [0, 0.1) is 5.92 Å². The first kappa shape index (κ1) is 24.5. The van der Waals surface area contributed by atoms with Gasteiger partial charge in [-0.2, -0.15) is 0 Å². The van der Waals surface area contributed by atoms with Crippen LogP contribution in [0.2, 0.25) is 0 Å². The maximum Gasteiger partial charge on any atom is 0.257 e. The van der Waals surface area contributed by atoms with Gasteiger partial charge >= 0.3 is 0 Å². The third-order valence-electron chi connectivity index (χ3n) is 6.40. The van der Waals surface area contributed by atoms with Crippen molar-refractivity contribution in [2.75, 3.05) is 12.8 Å². The van der Waals surface area contributed by atoms with Gasteiger partial charge in [0, 0.05) is 12.6 Å². The Hall–Kier alpha value is -3.61. The summed E-state index contributed by atoms with van der Waals surface area (Å²) < 4.78 is 7.17. The number of nitrogen functional groups attached to an aromatic ring is 1. The molecule has 184 valence electrons. The number of amides is 1. The average Bonchev–Trinajstić information content (AvgIpc) is 3.11. The van der Waals surface area contributed by atoms with E-state index < -0.39 is 0 Å². The zero-order valence-corrected chi connectivity index (χ0v) is 21.0. The van der Waals surface area contributed by atoms with Crippen LogP contribution >= 0.6 is 0 Å². The van der Waals surface area contributed by atoms with Gasteiger partial charge in [-0.3, -0.25) is 4.79 Å². The Kier molecular flexibility index (Phi) is 7.54. The van der Waals surface area contributed by atoms with E-state index in [1.54, 1.807) is 7.11 Å². The number of aromatic nitrogens is 3. The fraction of sp³-hybridized carbons (Fsp3) is 0.393. The van der Waals surface area contributed by atoms with Gasteiger partial charge in [0.25, 0.3) is 5.91 Å². The topological polar surface area (TPSA) is 95.1 Å². The number of ether oxygens (including phenoxy) is 1. The molecule has 7 nitrogen and oxygen atoms in total. The minimum Gasteiger partial charge on any atom is -0.497 e. The number of nitrogens with two attached hydrogens (primary N) is 1. The van der Waals surface area contributed by atoms with E-state index in [2.05, 4.69) is 19.2 Å². The van der Waals surface area contributed by atoms with Gasteiger partial charge in [0.1, 0.15) is 22.6 Å². The number of hydrogen-bond acceptors (Lipinski definition) is 5. The first-order valence-electron chi connectivity index (χ1n) is 12.4. The largest absolute Gasteiger partial charge is 0.497 e. The van der Waals surface area contributed by atoms with E-state index in [9.17, 15) is 4.79 Å². The lowest BCUT2D eigenvalue weighted by Crippen LogP contribution is -2.33. The monoisotopic (exact) mass is 473 g/mol. The second-order valence-electron chi connectivity index (χ2n) is 9.59. The van der Waals surface area contributed by atoms with Crippen LogP contribution in [0.15, 0.2) is 48.5 Å². The molecule has 0 spiro atoms. The SMILES string of the molecule is COc1ccc(CCn2c(N)c(C(=O)N[C@@H](C)CCCC(C)C)c3nc4ccccc4nc32)cc1. The molecule has 0 saturated heterocycles. The summed E-state index contributed by atoms with van der Waals surface area (Å²) in [5.41, 5.74) is 10.9. The lowest BCUT2D eigenvalue weighted by atomic mass is 10.0. The molecule has 35 heavy (non-hydrogen) atoms. The highest BCUT2D eigenvalue weighted by Gasteiger charge is 2.24. The van der Waals surface area contributed by atoms with Crippen molar-refractivity contribution < 1.29 is 9.53 Å². The van der Waals surface area contributed by atoms with Crippen LogP contribution in [0.1, 0.15) is 56.0 Å². The van der Waals surface area contributed by atoms with Gasteiger partial charge in [-0.1, -0.05) is 51.0 Å². The number of nitrogens with one attached hydrogen (secondary N) is 1. The van der Waals surface area contributed by atoms with E-state index in [4.69, 9.17) is 20.4 Å². The molecule has 3 N–H and O–H groups in total. The molecule has 0 aliphatic rings. The predicted molar refractivity (Wildman–Crippen MR) is 142 cm³/mol. The molecule has 0 aliphatic carbocycles. The number of rotatable bonds is 10. The van der Waals surface area contributed by atoms with Crippen LogP contribution in [0.3, 0.4) is 0 Å². The Balaban J connectivity index is 1.66. The molecule has 0 aliphatic heterocycles. The maximum absolute atomic E-state index is 13.4. The summed E-state index contributed by atoms with van der Waals surface area (Å²) >= 11 is 0. The number of nitrogens with zero attached hydrogens (tertiary/aromatic N) is 3. The summed E-state index contributed by atoms with van der Waals surface area (Å²) in [4.78, 5) is 23.1. The van der Waals surface area contributed by atoms with E-state index in [-0.39, 0.29) is 11.9 Å². The molecule has 4 aromatic rings. The molecule has 7 heteroatoms. The van der Waals surface area contributed by atoms with E-state index in [1.807, 2.05) is 60.0 Å². The second kappa shape index (κ2) is 10.8. The van der Waals surface area contributed by atoms with Gasteiger partial charge in [0.15, 0.2) is 5.65 Å². The minimum absolute atomic E-state index is 0.0479. The van der Waals surface area contributed by atoms with E-state index in [0.717, 1.165) is 48.0 Å². The highest BCUT2D eigenvalue weighted by atomic mass is 16.5. The summed E-state index contributed by atoms with van der Waals surface area (Å²) in [5.74, 6) is 1.67. The number of carbonyl (C=O) groups is 1. The van der Waals surface area contributed by atoms with Gasteiger partial charge in [0.2, 0.25) is 0 Å². The van der Waals surface area contributed by atoms with Gasteiger partial charge in [-0.15, -0.1) is 0 Å². The molecule has 2 aromatic heterocycles. The fourth-order valence-electron chi connectivity index (χ4n) is 4.40. The molecule has 0 radical (unpaired) electrons. The van der Waals surface area contributed by atoms with Crippen molar-refractivity contribution in [3.8, 4) is 5.75 Å². The molecule has 0 bridgehead atoms. The van der Waals surface area contributed by atoms with Crippen molar-refractivity contribution in [1.29, 1.82) is 0 Å². The molecule has 1 amide bonds. The summed E-state index contributed by atoms with van der Waals surface area (Å²) in [7, 11) is 1.66. The maximum atomic E-state index is 13.4. The van der Waals surface area contributed by atoms with E-state index in [1.165, 1.54) is 0 Å². The van der Waals surface area contributed by atoms with Crippen LogP contribution in [-0.2, 0) is 13.0 Å². The summed E-state index contributed by atoms with van der Waals surface area (Å²) in [6.45, 7) is 7.05. The zero-order valence-electron chi connectivity index (χ0n) is 21.0. The molecule has 2 aromatic carbocycles. The highest BCUT2D eigenvalue weighted by Crippen LogP contribution is 2.28. The smallest absolute Gasteiger partial charge is 0.257 e. The van der Waals surface area contributed by atoms with Crippen molar-refractivity contribution in [2.45, 2.75) is 59.0 Å². The van der Waals surface area contributed by atoms with Crippen LogP contribution in [-0.4, -0.2) is 33.6 Å². The number of carbonyl (C=O) groups excluding carboxylic acids is 1. The Labute approximate surface area is 206 Å². The molecule has 2 heterocycles. The number of hydrogen-bond donors (Lipinski definition) is 2. The Morgan fingerprint density at radius 2 is 1.71 bits per heavy atom. The first-order valence-corrected chi connectivity index (χ1v) is 12.4. The van der Waals surface area contributed by atoms with E-state index >= 15 is 0 Å². The molecule has 0 saturated carbocycles. The van der Waals surface area contributed by atoms with Crippen molar-refractivity contribution in [2.24, 2.45) is 5.92 Å². The summed E-state index contributed by atoms with van der Waals surface area (Å²) in [5, 5.41) is 3.14. The fourth-order valence-corrected chi connectivity index (χ4v) is 4.40. The number of fused-ring (bicyclic) bond motifs is 2. The third-order valence-corrected chi connectivity index (χ3v) is 6.40. The second-order valence-corrected chi connectivity index (χ2v) is 9.59. The Bertz CT molecular complexity index is 1310. The van der Waals surface area contributed by atoms with Gasteiger partial charge < -0.3 is 20.4 Å². The van der Waals surface area contributed by atoms with Crippen molar-refractivity contribution in [3.63, 3.8) is 0 Å². The van der Waals surface area contributed by atoms with Crippen LogP contribution in [0.25, 0.3) is 22.2 Å². The highest BCUT2D eigenvalue weighted by molar-refractivity contribution is 6.10. The molecule has 1 atom stereocenters. The summed E-state index contributed by atoms with van der Waals surface area (Å²) in [6, 6.07) is 15.7. The number of anilines is 1.